The Balaban J connectivity index is 1.99. The molecule has 3 atom stereocenters. The largest absolute Gasteiger partial charge is 0.328 e. The molecule has 0 amide bonds. The first-order chi connectivity index (χ1) is 8.06. The summed E-state index contributed by atoms with van der Waals surface area (Å²) < 4.78 is 13.5. The van der Waals surface area contributed by atoms with E-state index in [9.17, 15) is 4.39 Å². The molecule has 0 spiro atoms. The van der Waals surface area contributed by atoms with Crippen LogP contribution in [-0.4, -0.2) is 12.1 Å². The van der Waals surface area contributed by atoms with Crippen LogP contribution in [0.2, 0.25) is 0 Å². The highest BCUT2D eigenvalue weighted by molar-refractivity contribution is 5.25. The average molecular weight is 236 g/mol. The maximum absolute atomic E-state index is 13.5. The van der Waals surface area contributed by atoms with Crippen molar-refractivity contribution in [3.63, 3.8) is 0 Å². The highest BCUT2D eigenvalue weighted by Crippen LogP contribution is 2.22. The van der Waals surface area contributed by atoms with Crippen LogP contribution in [0.4, 0.5) is 4.39 Å². The van der Waals surface area contributed by atoms with Crippen LogP contribution in [0.25, 0.3) is 0 Å². The van der Waals surface area contributed by atoms with Crippen molar-refractivity contribution in [2.75, 3.05) is 0 Å². The zero-order valence-electron chi connectivity index (χ0n) is 10.5. The fraction of sp³-hybridized carbons (Fsp3) is 0.571. The molecule has 0 radical (unpaired) electrons. The predicted octanol–water partition coefficient (Wildman–Crippen LogP) is 2.66. The van der Waals surface area contributed by atoms with Gasteiger partial charge in [0, 0.05) is 18.1 Å². The van der Waals surface area contributed by atoms with Crippen molar-refractivity contribution >= 4 is 0 Å². The van der Waals surface area contributed by atoms with E-state index < -0.39 is 0 Å². The smallest absolute Gasteiger partial charge is 0.126 e. The summed E-state index contributed by atoms with van der Waals surface area (Å²) in [7, 11) is 0. The Labute approximate surface area is 102 Å². The van der Waals surface area contributed by atoms with Gasteiger partial charge in [-0.25, -0.2) is 4.39 Å². The Morgan fingerprint density at radius 1 is 1.41 bits per heavy atom. The summed E-state index contributed by atoms with van der Waals surface area (Å²) in [5, 5.41) is 3.53. The van der Waals surface area contributed by atoms with Crippen LogP contribution in [0.5, 0.6) is 0 Å². The number of aryl methyl sites for hydroxylation is 1. The molecule has 3 N–H and O–H groups in total. The fourth-order valence-corrected chi connectivity index (χ4v) is 2.50. The fourth-order valence-electron chi connectivity index (χ4n) is 2.50. The molecule has 2 rings (SSSR count). The van der Waals surface area contributed by atoms with Gasteiger partial charge in [-0.05, 0) is 50.3 Å². The Kier molecular flexibility index (Phi) is 3.79. The minimum absolute atomic E-state index is 0.126. The van der Waals surface area contributed by atoms with E-state index in [1.54, 1.807) is 13.0 Å². The van der Waals surface area contributed by atoms with Gasteiger partial charge in [0.15, 0.2) is 0 Å². The molecule has 3 unspecified atom stereocenters. The first-order valence-corrected chi connectivity index (χ1v) is 6.34. The second-order valence-electron chi connectivity index (χ2n) is 5.17. The van der Waals surface area contributed by atoms with E-state index in [4.69, 9.17) is 5.73 Å². The van der Waals surface area contributed by atoms with Gasteiger partial charge in [-0.1, -0.05) is 12.1 Å². The van der Waals surface area contributed by atoms with Gasteiger partial charge < -0.3 is 11.1 Å². The van der Waals surface area contributed by atoms with Crippen molar-refractivity contribution in [3.8, 4) is 0 Å². The predicted molar refractivity (Wildman–Crippen MR) is 68.3 cm³/mol. The van der Waals surface area contributed by atoms with Gasteiger partial charge in [0.25, 0.3) is 0 Å². The van der Waals surface area contributed by atoms with Crippen molar-refractivity contribution in [3.05, 3.63) is 35.1 Å². The molecular weight excluding hydrogens is 215 g/mol. The summed E-state index contributed by atoms with van der Waals surface area (Å²) in [6.07, 6.45) is 3.24. The summed E-state index contributed by atoms with van der Waals surface area (Å²) in [4.78, 5) is 0. The first-order valence-electron chi connectivity index (χ1n) is 6.34. The molecule has 0 aliphatic heterocycles. The number of hydrogen-bond donors (Lipinski definition) is 2. The van der Waals surface area contributed by atoms with Gasteiger partial charge in [-0.15, -0.1) is 0 Å². The standard InChI is InChI=1S/C14H21FN2/c1-9-3-4-11(7-14(9)15)10(2)17-13-6-5-12(16)8-13/h3-4,7,10,12-13,17H,5-6,8,16H2,1-2H3. The van der Waals surface area contributed by atoms with E-state index in [0.717, 1.165) is 24.8 Å². The molecule has 0 bridgehead atoms. The molecule has 17 heavy (non-hydrogen) atoms. The van der Waals surface area contributed by atoms with E-state index >= 15 is 0 Å². The van der Waals surface area contributed by atoms with Crippen molar-refractivity contribution in [1.29, 1.82) is 0 Å². The number of benzene rings is 1. The highest BCUT2D eigenvalue weighted by atomic mass is 19.1. The van der Waals surface area contributed by atoms with E-state index in [2.05, 4.69) is 12.2 Å². The lowest BCUT2D eigenvalue weighted by Crippen LogP contribution is -2.30. The minimum Gasteiger partial charge on any atom is -0.328 e. The van der Waals surface area contributed by atoms with Gasteiger partial charge >= 0.3 is 0 Å². The van der Waals surface area contributed by atoms with Crippen molar-refractivity contribution in [2.24, 2.45) is 5.73 Å². The summed E-state index contributed by atoms with van der Waals surface area (Å²) >= 11 is 0. The molecule has 0 aromatic heterocycles. The Morgan fingerprint density at radius 3 is 2.76 bits per heavy atom. The third-order valence-electron chi connectivity index (χ3n) is 3.65. The number of nitrogens with one attached hydrogen (secondary N) is 1. The second-order valence-corrected chi connectivity index (χ2v) is 5.17. The van der Waals surface area contributed by atoms with E-state index in [1.165, 1.54) is 0 Å². The molecule has 0 heterocycles. The van der Waals surface area contributed by atoms with Gasteiger partial charge in [-0.2, -0.15) is 0 Å². The molecule has 1 aromatic rings. The number of hydrogen-bond acceptors (Lipinski definition) is 2. The quantitative estimate of drug-likeness (QED) is 0.846. The SMILES string of the molecule is Cc1ccc(C(C)NC2CCC(N)C2)cc1F. The summed E-state index contributed by atoms with van der Waals surface area (Å²) in [5.41, 5.74) is 7.59. The van der Waals surface area contributed by atoms with Crippen LogP contribution in [0.15, 0.2) is 18.2 Å². The van der Waals surface area contributed by atoms with E-state index in [1.807, 2.05) is 12.1 Å². The first kappa shape index (κ1) is 12.5. The molecule has 1 saturated carbocycles. The lowest BCUT2D eigenvalue weighted by Gasteiger charge is -2.20. The Bertz CT molecular complexity index is 392. The maximum Gasteiger partial charge on any atom is 0.126 e. The molecule has 1 aromatic carbocycles. The average Bonchev–Trinajstić information content (AvgIpc) is 2.68. The van der Waals surface area contributed by atoms with Crippen LogP contribution < -0.4 is 11.1 Å². The van der Waals surface area contributed by atoms with Crippen LogP contribution >= 0.6 is 0 Å². The zero-order valence-corrected chi connectivity index (χ0v) is 10.5. The van der Waals surface area contributed by atoms with E-state index in [-0.39, 0.29) is 11.9 Å². The number of halogens is 1. The van der Waals surface area contributed by atoms with Crippen molar-refractivity contribution in [1.82, 2.24) is 5.32 Å². The summed E-state index contributed by atoms with van der Waals surface area (Å²) in [6, 6.07) is 6.44. The Hall–Kier alpha value is -0.930. The molecule has 1 aliphatic rings. The summed E-state index contributed by atoms with van der Waals surface area (Å²) in [5.74, 6) is -0.126. The number of nitrogens with two attached hydrogens (primary N) is 1. The third-order valence-corrected chi connectivity index (χ3v) is 3.65. The Morgan fingerprint density at radius 2 is 2.18 bits per heavy atom. The topological polar surface area (TPSA) is 38.0 Å². The van der Waals surface area contributed by atoms with Gasteiger partial charge in [0.05, 0.1) is 0 Å². The third kappa shape index (κ3) is 3.05. The summed E-state index contributed by atoms with van der Waals surface area (Å²) in [6.45, 7) is 3.86. The molecule has 2 nitrogen and oxygen atoms in total. The van der Waals surface area contributed by atoms with Crippen molar-refractivity contribution < 1.29 is 4.39 Å². The van der Waals surface area contributed by atoms with Gasteiger partial charge in [0.2, 0.25) is 0 Å². The van der Waals surface area contributed by atoms with Crippen LogP contribution in [0, 0.1) is 12.7 Å². The molecule has 0 saturated heterocycles. The van der Waals surface area contributed by atoms with Gasteiger partial charge in [0.1, 0.15) is 5.82 Å². The normalized spacial score (nSPS) is 26.1. The monoisotopic (exact) mass is 236 g/mol. The molecule has 1 aliphatic carbocycles. The molecule has 3 heteroatoms. The highest BCUT2D eigenvalue weighted by Gasteiger charge is 2.23. The lowest BCUT2D eigenvalue weighted by atomic mass is 10.0. The van der Waals surface area contributed by atoms with Crippen LogP contribution in [0.3, 0.4) is 0 Å². The number of rotatable bonds is 3. The van der Waals surface area contributed by atoms with Crippen LogP contribution in [-0.2, 0) is 0 Å². The minimum atomic E-state index is -0.126. The molecular formula is C14H21FN2. The second kappa shape index (κ2) is 5.15. The molecule has 1 fully saturated rings. The van der Waals surface area contributed by atoms with Crippen LogP contribution in [0.1, 0.15) is 43.4 Å². The van der Waals surface area contributed by atoms with E-state index in [0.29, 0.717) is 17.6 Å². The zero-order chi connectivity index (χ0) is 12.4. The maximum atomic E-state index is 13.5. The van der Waals surface area contributed by atoms with Crippen molar-refractivity contribution in [2.45, 2.75) is 51.2 Å². The molecule has 94 valence electrons. The lowest BCUT2D eigenvalue weighted by molar-refractivity contribution is 0.455. The van der Waals surface area contributed by atoms with Gasteiger partial charge in [-0.3, -0.25) is 0 Å².